The first-order valence-corrected chi connectivity index (χ1v) is 11.2. The van der Waals surface area contributed by atoms with Crippen molar-refractivity contribution in [1.82, 2.24) is 0 Å². The van der Waals surface area contributed by atoms with Gasteiger partial charge in [-0.2, -0.15) is 0 Å². The van der Waals surface area contributed by atoms with E-state index in [4.69, 9.17) is 0 Å². The van der Waals surface area contributed by atoms with Crippen molar-refractivity contribution in [2.24, 2.45) is 17.8 Å². The average molecular weight is 345 g/mol. The molecule has 0 heteroatoms. The van der Waals surface area contributed by atoms with Gasteiger partial charge in [-0.25, -0.2) is 0 Å². The lowest BCUT2D eigenvalue weighted by Gasteiger charge is -2.28. The third-order valence-corrected chi connectivity index (χ3v) is 5.88. The summed E-state index contributed by atoms with van der Waals surface area (Å²) >= 11 is 0. The van der Waals surface area contributed by atoms with E-state index in [1.165, 1.54) is 63.4 Å². The Hall–Kier alpha value is -0.780. The molecule has 0 N–H and O–H groups in total. The van der Waals surface area contributed by atoms with Crippen molar-refractivity contribution in [2.75, 3.05) is 0 Å². The summed E-state index contributed by atoms with van der Waals surface area (Å²) in [5.74, 6) is 3.40. The smallest absolute Gasteiger partial charge is 0.0193 e. The molecule has 0 radical (unpaired) electrons. The van der Waals surface area contributed by atoms with Crippen LogP contribution in [0.15, 0.2) is 24.3 Å². The predicted octanol–water partition coefficient (Wildman–Crippen LogP) is 8.40. The third kappa shape index (κ3) is 8.43. The first-order valence-electron chi connectivity index (χ1n) is 11.2. The second-order valence-corrected chi connectivity index (χ2v) is 8.49. The number of rotatable bonds is 8. The summed E-state index contributed by atoms with van der Waals surface area (Å²) in [5.41, 5.74) is 3.06. The van der Waals surface area contributed by atoms with Gasteiger partial charge in [-0.05, 0) is 60.5 Å². The lowest BCUT2D eigenvalue weighted by molar-refractivity contribution is 0.262. The summed E-state index contributed by atoms with van der Waals surface area (Å²) in [6.45, 7) is 13.4. The Bertz CT molecular complexity index is 422. The van der Waals surface area contributed by atoms with Crippen molar-refractivity contribution < 1.29 is 0 Å². The maximum atomic E-state index is 2.40. The van der Waals surface area contributed by atoms with Gasteiger partial charge in [0.25, 0.3) is 0 Å². The van der Waals surface area contributed by atoms with Gasteiger partial charge in [0.1, 0.15) is 0 Å². The van der Waals surface area contributed by atoms with Crippen molar-refractivity contribution in [3.05, 3.63) is 35.4 Å². The van der Waals surface area contributed by atoms with Gasteiger partial charge in [0.2, 0.25) is 0 Å². The fraction of sp³-hybridized carbons (Fsp3) is 0.760. The van der Waals surface area contributed by atoms with Gasteiger partial charge in [0, 0.05) is 0 Å². The molecule has 0 aromatic heterocycles. The summed E-state index contributed by atoms with van der Waals surface area (Å²) in [6, 6.07) is 9.54. The fourth-order valence-electron chi connectivity index (χ4n) is 4.38. The van der Waals surface area contributed by atoms with Crippen LogP contribution in [0.4, 0.5) is 0 Å². The van der Waals surface area contributed by atoms with Crippen molar-refractivity contribution in [2.45, 2.75) is 105 Å². The average Bonchev–Trinajstić information content (AvgIpc) is 2.63. The molecule has 1 fully saturated rings. The molecule has 144 valence electrons. The minimum atomic E-state index is 0.692. The highest BCUT2D eigenvalue weighted by atomic mass is 14.3. The standard InChI is InChI=1S/C23H38.C2H6/c1-5-19(4)23-13-11-21(12-14-23)17-22(15-18(2)3)16-20-9-7-6-8-10-20;1-2/h11-14,18-20,22H,5-10,15-17H2,1-4H3;1-2H3. The minimum absolute atomic E-state index is 0.692. The highest BCUT2D eigenvalue weighted by molar-refractivity contribution is 5.25. The molecule has 2 unspecified atom stereocenters. The second-order valence-electron chi connectivity index (χ2n) is 8.49. The van der Waals surface area contributed by atoms with E-state index in [9.17, 15) is 0 Å². The zero-order valence-electron chi connectivity index (χ0n) is 18.0. The highest BCUT2D eigenvalue weighted by Crippen LogP contribution is 2.33. The summed E-state index contributed by atoms with van der Waals surface area (Å²) < 4.78 is 0. The molecule has 2 atom stereocenters. The van der Waals surface area contributed by atoms with E-state index in [0.717, 1.165) is 17.8 Å². The number of hydrogen-bond donors (Lipinski definition) is 0. The van der Waals surface area contributed by atoms with Crippen LogP contribution < -0.4 is 0 Å². The summed E-state index contributed by atoms with van der Waals surface area (Å²) in [5, 5.41) is 0. The lowest BCUT2D eigenvalue weighted by atomic mass is 9.78. The molecule has 0 spiro atoms. The molecule has 1 aliphatic carbocycles. The normalized spacial score (nSPS) is 17.7. The quantitative estimate of drug-likeness (QED) is 0.444. The summed E-state index contributed by atoms with van der Waals surface area (Å²) in [4.78, 5) is 0. The van der Waals surface area contributed by atoms with Gasteiger partial charge in [-0.15, -0.1) is 0 Å². The maximum Gasteiger partial charge on any atom is -0.0193 e. The van der Waals surface area contributed by atoms with Gasteiger partial charge < -0.3 is 0 Å². The van der Waals surface area contributed by atoms with Crippen molar-refractivity contribution in [1.29, 1.82) is 0 Å². The van der Waals surface area contributed by atoms with E-state index in [0.29, 0.717) is 5.92 Å². The first kappa shape index (κ1) is 22.3. The largest absolute Gasteiger partial charge is 0.0683 e. The van der Waals surface area contributed by atoms with E-state index < -0.39 is 0 Å². The lowest BCUT2D eigenvalue weighted by Crippen LogP contribution is -2.16. The molecule has 25 heavy (non-hydrogen) atoms. The van der Waals surface area contributed by atoms with E-state index in [-0.39, 0.29) is 0 Å². The van der Waals surface area contributed by atoms with Crippen LogP contribution in [-0.4, -0.2) is 0 Å². The van der Waals surface area contributed by atoms with Crippen LogP contribution in [0.3, 0.4) is 0 Å². The van der Waals surface area contributed by atoms with Crippen LogP contribution in [-0.2, 0) is 6.42 Å². The zero-order valence-corrected chi connectivity index (χ0v) is 18.0. The van der Waals surface area contributed by atoms with Gasteiger partial charge >= 0.3 is 0 Å². The van der Waals surface area contributed by atoms with Crippen LogP contribution in [0.5, 0.6) is 0 Å². The van der Waals surface area contributed by atoms with Crippen LogP contribution in [0.2, 0.25) is 0 Å². The second kappa shape index (κ2) is 12.6. The Labute approximate surface area is 158 Å². The monoisotopic (exact) mass is 344 g/mol. The minimum Gasteiger partial charge on any atom is -0.0683 e. The van der Waals surface area contributed by atoms with Crippen LogP contribution in [0.25, 0.3) is 0 Å². The predicted molar refractivity (Wildman–Crippen MR) is 114 cm³/mol. The Morgan fingerprint density at radius 3 is 2.04 bits per heavy atom. The molecule has 0 heterocycles. The van der Waals surface area contributed by atoms with Crippen molar-refractivity contribution >= 4 is 0 Å². The summed E-state index contributed by atoms with van der Waals surface area (Å²) in [6.07, 6.45) is 12.8. The first-order chi connectivity index (χ1) is 12.1. The molecule has 0 nitrogen and oxygen atoms in total. The molecular weight excluding hydrogens is 300 g/mol. The SMILES string of the molecule is CC.CCC(C)c1ccc(CC(CC(C)C)CC2CCCCC2)cc1. The fourth-order valence-corrected chi connectivity index (χ4v) is 4.38. The Morgan fingerprint density at radius 2 is 1.52 bits per heavy atom. The number of benzene rings is 1. The molecule has 2 rings (SSSR count). The van der Waals surface area contributed by atoms with Gasteiger partial charge in [0.05, 0.1) is 0 Å². The molecule has 0 bridgehead atoms. The van der Waals surface area contributed by atoms with E-state index in [2.05, 4.69) is 52.0 Å². The van der Waals surface area contributed by atoms with Crippen LogP contribution in [0, 0.1) is 17.8 Å². The molecule has 0 aliphatic heterocycles. The Kier molecular flexibility index (Phi) is 11.2. The van der Waals surface area contributed by atoms with E-state index >= 15 is 0 Å². The molecular formula is C25H44. The third-order valence-electron chi connectivity index (χ3n) is 5.88. The topological polar surface area (TPSA) is 0 Å². The summed E-state index contributed by atoms with van der Waals surface area (Å²) in [7, 11) is 0. The van der Waals surface area contributed by atoms with E-state index in [1.807, 2.05) is 13.8 Å². The molecule has 1 aromatic rings. The van der Waals surface area contributed by atoms with Crippen molar-refractivity contribution in [3.8, 4) is 0 Å². The number of hydrogen-bond acceptors (Lipinski definition) is 0. The molecule has 0 amide bonds. The molecule has 1 saturated carbocycles. The Balaban J connectivity index is 0.00000151. The Morgan fingerprint density at radius 1 is 0.920 bits per heavy atom. The van der Waals surface area contributed by atoms with Gasteiger partial charge in [-0.1, -0.05) is 97.9 Å². The van der Waals surface area contributed by atoms with Gasteiger partial charge in [-0.3, -0.25) is 0 Å². The van der Waals surface area contributed by atoms with E-state index in [1.54, 1.807) is 5.56 Å². The maximum absolute atomic E-state index is 2.40. The zero-order chi connectivity index (χ0) is 18.7. The molecule has 0 saturated heterocycles. The van der Waals surface area contributed by atoms with Crippen LogP contribution >= 0.6 is 0 Å². The highest BCUT2D eigenvalue weighted by Gasteiger charge is 2.20. The van der Waals surface area contributed by atoms with Crippen LogP contribution in [0.1, 0.15) is 110 Å². The molecule has 1 aliphatic rings. The van der Waals surface area contributed by atoms with Crippen molar-refractivity contribution in [3.63, 3.8) is 0 Å². The molecule has 1 aromatic carbocycles. The van der Waals surface area contributed by atoms with Gasteiger partial charge in [0.15, 0.2) is 0 Å².